The quantitative estimate of drug-likeness (QED) is 0.532. The van der Waals surface area contributed by atoms with Gasteiger partial charge in [-0.3, -0.25) is 0 Å². The number of aliphatic imine (C=N–C) groups is 1. The summed E-state index contributed by atoms with van der Waals surface area (Å²) >= 11 is 0. The number of carbonyl (C=O) groups is 1. The van der Waals surface area contributed by atoms with Gasteiger partial charge in [0, 0.05) is 0 Å². The van der Waals surface area contributed by atoms with E-state index in [9.17, 15) is 4.79 Å². The van der Waals surface area contributed by atoms with E-state index < -0.39 is 5.97 Å². The van der Waals surface area contributed by atoms with E-state index in [-0.39, 0.29) is 0 Å². The summed E-state index contributed by atoms with van der Waals surface area (Å²) in [6.45, 7) is 4.59. The number of rotatable bonds is 7. The van der Waals surface area contributed by atoms with Crippen molar-refractivity contribution in [3.8, 4) is 11.5 Å². The molecule has 0 N–H and O–H groups in total. The average Bonchev–Trinajstić information content (AvgIpc) is 3.01. The van der Waals surface area contributed by atoms with E-state index in [0.717, 1.165) is 22.6 Å². The van der Waals surface area contributed by atoms with Crippen LogP contribution < -0.4 is 9.47 Å². The molecule has 1 aliphatic heterocycles. The SMILES string of the molecule is COc1ccc(/C=C2/N=C(CCOc3ccccc3)OC2=O)cc1C(C)C. The van der Waals surface area contributed by atoms with Crippen molar-refractivity contribution in [3.63, 3.8) is 0 Å². The minimum Gasteiger partial charge on any atom is -0.496 e. The fraction of sp³-hybridized carbons (Fsp3) is 0.273. The van der Waals surface area contributed by atoms with Crippen LogP contribution in [0.1, 0.15) is 37.3 Å². The van der Waals surface area contributed by atoms with Crippen LogP contribution in [0.3, 0.4) is 0 Å². The number of esters is 1. The molecule has 0 saturated carbocycles. The highest BCUT2D eigenvalue weighted by Gasteiger charge is 2.23. The molecule has 0 unspecified atom stereocenters. The summed E-state index contributed by atoms with van der Waals surface area (Å²) in [4.78, 5) is 16.4. The number of methoxy groups -OCH3 is 1. The number of cyclic esters (lactones) is 1. The molecule has 1 heterocycles. The second kappa shape index (κ2) is 8.54. The van der Waals surface area contributed by atoms with E-state index in [2.05, 4.69) is 18.8 Å². The molecule has 0 spiro atoms. The fourth-order valence-electron chi connectivity index (χ4n) is 2.78. The van der Waals surface area contributed by atoms with Gasteiger partial charge in [-0.25, -0.2) is 9.79 Å². The molecule has 0 radical (unpaired) electrons. The van der Waals surface area contributed by atoms with Crippen molar-refractivity contribution in [2.45, 2.75) is 26.2 Å². The number of hydrogen-bond donors (Lipinski definition) is 0. The predicted molar refractivity (Wildman–Crippen MR) is 105 cm³/mol. The van der Waals surface area contributed by atoms with Crippen LogP contribution in [0.4, 0.5) is 0 Å². The molecule has 0 aromatic heterocycles. The van der Waals surface area contributed by atoms with Gasteiger partial charge in [-0.1, -0.05) is 38.1 Å². The highest BCUT2D eigenvalue weighted by atomic mass is 16.6. The van der Waals surface area contributed by atoms with Gasteiger partial charge in [0.05, 0.1) is 20.1 Å². The van der Waals surface area contributed by atoms with Crippen molar-refractivity contribution >= 4 is 17.9 Å². The zero-order chi connectivity index (χ0) is 19.2. The van der Waals surface area contributed by atoms with E-state index in [1.807, 2.05) is 48.5 Å². The maximum Gasteiger partial charge on any atom is 0.363 e. The lowest BCUT2D eigenvalue weighted by atomic mass is 9.99. The molecular formula is C22H23NO4. The van der Waals surface area contributed by atoms with Crippen LogP contribution in [0.15, 0.2) is 59.2 Å². The molecule has 2 aromatic rings. The standard InChI is InChI=1S/C22H23NO4/c1-15(2)18-13-16(9-10-20(18)25-3)14-19-22(24)27-21(23-19)11-12-26-17-7-5-4-6-8-17/h4-10,13-15H,11-12H2,1-3H3/b19-14+. The lowest BCUT2D eigenvalue weighted by Crippen LogP contribution is -2.08. The predicted octanol–water partition coefficient (Wildman–Crippen LogP) is 4.58. The monoisotopic (exact) mass is 365 g/mol. The second-order valence-electron chi connectivity index (χ2n) is 6.49. The highest BCUT2D eigenvalue weighted by Crippen LogP contribution is 2.28. The van der Waals surface area contributed by atoms with Gasteiger partial charge in [-0.15, -0.1) is 0 Å². The van der Waals surface area contributed by atoms with Crippen LogP contribution in [0.25, 0.3) is 6.08 Å². The summed E-state index contributed by atoms with van der Waals surface area (Å²) in [7, 11) is 1.65. The third kappa shape index (κ3) is 4.76. The summed E-state index contributed by atoms with van der Waals surface area (Å²) < 4.78 is 16.3. The van der Waals surface area contributed by atoms with Crippen LogP contribution >= 0.6 is 0 Å². The topological polar surface area (TPSA) is 57.1 Å². The molecular weight excluding hydrogens is 342 g/mol. The molecule has 0 fully saturated rings. The summed E-state index contributed by atoms with van der Waals surface area (Å²) in [6.07, 6.45) is 2.16. The van der Waals surface area contributed by atoms with Gasteiger partial charge in [0.1, 0.15) is 11.5 Å². The molecule has 2 aromatic carbocycles. The van der Waals surface area contributed by atoms with Crippen molar-refractivity contribution in [2.24, 2.45) is 4.99 Å². The van der Waals surface area contributed by atoms with Gasteiger partial charge in [0.15, 0.2) is 5.70 Å². The van der Waals surface area contributed by atoms with Gasteiger partial charge in [-0.05, 0) is 47.4 Å². The van der Waals surface area contributed by atoms with Gasteiger partial charge in [0.25, 0.3) is 0 Å². The Morgan fingerprint density at radius 3 is 2.63 bits per heavy atom. The van der Waals surface area contributed by atoms with Crippen LogP contribution in [0, 0.1) is 0 Å². The molecule has 0 aliphatic carbocycles. The summed E-state index contributed by atoms with van der Waals surface area (Å²) in [5, 5.41) is 0. The first kappa shape index (κ1) is 18.7. The number of nitrogens with zero attached hydrogens (tertiary/aromatic N) is 1. The average molecular weight is 365 g/mol. The van der Waals surface area contributed by atoms with E-state index >= 15 is 0 Å². The number of carbonyl (C=O) groups excluding carboxylic acids is 1. The summed E-state index contributed by atoms with van der Waals surface area (Å²) in [5.41, 5.74) is 2.26. The molecule has 3 rings (SSSR count). The number of benzene rings is 2. The Morgan fingerprint density at radius 2 is 1.93 bits per heavy atom. The van der Waals surface area contributed by atoms with Crippen LogP contribution in [0.5, 0.6) is 11.5 Å². The normalized spacial score (nSPS) is 15.0. The Kier molecular flexibility index (Phi) is 5.91. The molecule has 5 nitrogen and oxygen atoms in total. The van der Waals surface area contributed by atoms with E-state index in [0.29, 0.717) is 30.5 Å². The molecule has 0 bridgehead atoms. The summed E-state index contributed by atoms with van der Waals surface area (Å²) in [5.74, 6) is 1.86. The number of ether oxygens (including phenoxy) is 3. The zero-order valence-electron chi connectivity index (χ0n) is 15.8. The molecule has 5 heteroatoms. The number of hydrogen-bond acceptors (Lipinski definition) is 5. The van der Waals surface area contributed by atoms with Gasteiger partial charge >= 0.3 is 5.97 Å². The maximum atomic E-state index is 12.1. The Balaban J connectivity index is 1.69. The van der Waals surface area contributed by atoms with Gasteiger partial charge < -0.3 is 14.2 Å². The van der Waals surface area contributed by atoms with Gasteiger partial charge in [-0.2, -0.15) is 0 Å². The largest absolute Gasteiger partial charge is 0.496 e. The van der Waals surface area contributed by atoms with E-state index in [1.165, 1.54) is 0 Å². The Hall–Kier alpha value is -3.08. The molecule has 0 atom stereocenters. The minimum atomic E-state index is -0.438. The third-order valence-corrected chi connectivity index (χ3v) is 4.17. The minimum absolute atomic E-state index is 0.296. The summed E-state index contributed by atoms with van der Waals surface area (Å²) in [6, 6.07) is 15.3. The lowest BCUT2D eigenvalue weighted by molar-refractivity contribution is -0.130. The Bertz CT molecular complexity index is 869. The van der Waals surface area contributed by atoms with Crippen molar-refractivity contribution in [2.75, 3.05) is 13.7 Å². The van der Waals surface area contributed by atoms with Gasteiger partial charge in [0.2, 0.25) is 5.90 Å². The Labute approximate surface area is 159 Å². The number of para-hydroxylation sites is 1. The molecule has 0 saturated heterocycles. The zero-order valence-corrected chi connectivity index (χ0v) is 15.8. The van der Waals surface area contributed by atoms with Crippen LogP contribution in [-0.2, 0) is 9.53 Å². The first-order chi connectivity index (χ1) is 13.1. The first-order valence-electron chi connectivity index (χ1n) is 8.94. The van der Waals surface area contributed by atoms with Crippen LogP contribution in [0.2, 0.25) is 0 Å². The third-order valence-electron chi connectivity index (χ3n) is 4.17. The van der Waals surface area contributed by atoms with Crippen molar-refractivity contribution in [1.82, 2.24) is 0 Å². The Morgan fingerprint density at radius 1 is 1.15 bits per heavy atom. The lowest BCUT2D eigenvalue weighted by Gasteiger charge is -2.12. The molecule has 0 amide bonds. The van der Waals surface area contributed by atoms with Crippen LogP contribution in [-0.4, -0.2) is 25.6 Å². The second-order valence-corrected chi connectivity index (χ2v) is 6.49. The van der Waals surface area contributed by atoms with E-state index in [1.54, 1.807) is 13.2 Å². The van der Waals surface area contributed by atoms with E-state index in [4.69, 9.17) is 14.2 Å². The molecule has 140 valence electrons. The fourth-order valence-corrected chi connectivity index (χ4v) is 2.78. The maximum absolute atomic E-state index is 12.1. The first-order valence-corrected chi connectivity index (χ1v) is 8.94. The molecule has 1 aliphatic rings. The van der Waals surface area contributed by atoms with Crippen molar-refractivity contribution in [1.29, 1.82) is 0 Å². The van der Waals surface area contributed by atoms with Crippen molar-refractivity contribution < 1.29 is 19.0 Å². The smallest absolute Gasteiger partial charge is 0.363 e. The highest BCUT2D eigenvalue weighted by molar-refractivity contribution is 6.07. The van der Waals surface area contributed by atoms with Crippen molar-refractivity contribution in [3.05, 3.63) is 65.4 Å². The molecule has 27 heavy (non-hydrogen) atoms.